The van der Waals surface area contributed by atoms with Gasteiger partial charge in [-0.25, -0.2) is 0 Å². The Kier molecular flexibility index (Phi) is 2.86. The van der Waals surface area contributed by atoms with Crippen molar-refractivity contribution in [2.45, 2.75) is 39.8 Å². The maximum absolute atomic E-state index is 12.3. The standard InChI is InChI=1S/C14H19NO2/c1-8-6-12-13(7-9(8)2)17-11(4)10(3)15(5)14(12)16/h6-7,10-11H,1-5H3. The minimum Gasteiger partial charge on any atom is -0.488 e. The van der Waals surface area contributed by atoms with E-state index < -0.39 is 0 Å². The molecule has 17 heavy (non-hydrogen) atoms. The minimum absolute atomic E-state index is 0.00676. The Morgan fingerprint density at radius 2 is 1.76 bits per heavy atom. The molecule has 1 aromatic carbocycles. The lowest BCUT2D eigenvalue weighted by Crippen LogP contribution is -2.41. The van der Waals surface area contributed by atoms with Gasteiger partial charge in [0.05, 0.1) is 11.6 Å². The number of benzene rings is 1. The van der Waals surface area contributed by atoms with Gasteiger partial charge in [-0.15, -0.1) is 0 Å². The predicted molar refractivity (Wildman–Crippen MR) is 67.6 cm³/mol. The summed E-state index contributed by atoms with van der Waals surface area (Å²) in [5, 5.41) is 0. The van der Waals surface area contributed by atoms with Crippen molar-refractivity contribution < 1.29 is 9.53 Å². The monoisotopic (exact) mass is 233 g/mol. The number of rotatable bonds is 0. The maximum Gasteiger partial charge on any atom is 0.257 e. The molecule has 92 valence electrons. The number of amides is 1. The summed E-state index contributed by atoms with van der Waals surface area (Å²) < 4.78 is 5.88. The highest BCUT2D eigenvalue weighted by Gasteiger charge is 2.30. The second kappa shape index (κ2) is 4.06. The van der Waals surface area contributed by atoms with Crippen LogP contribution in [0.15, 0.2) is 12.1 Å². The van der Waals surface area contributed by atoms with Crippen LogP contribution in [-0.4, -0.2) is 30.0 Å². The molecule has 0 bridgehead atoms. The Morgan fingerprint density at radius 3 is 2.41 bits per heavy atom. The van der Waals surface area contributed by atoms with Gasteiger partial charge in [-0.1, -0.05) is 0 Å². The largest absolute Gasteiger partial charge is 0.488 e. The zero-order valence-electron chi connectivity index (χ0n) is 11.1. The zero-order chi connectivity index (χ0) is 12.7. The van der Waals surface area contributed by atoms with Gasteiger partial charge < -0.3 is 9.64 Å². The second-order valence-corrected chi connectivity index (χ2v) is 4.91. The third-order valence-corrected chi connectivity index (χ3v) is 3.75. The second-order valence-electron chi connectivity index (χ2n) is 4.91. The van der Waals surface area contributed by atoms with E-state index in [9.17, 15) is 4.79 Å². The van der Waals surface area contributed by atoms with E-state index in [1.54, 1.807) is 4.90 Å². The molecular weight excluding hydrogens is 214 g/mol. The molecule has 2 unspecified atom stereocenters. The number of hydrogen-bond acceptors (Lipinski definition) is 2. The summed E-state index contributed by atoms with van der Waals surface area (Å²) in [6.45, 7) is 8.06. The number of carbonyl (C=O) groups excluding carboxylic acids is 1. The molecule has 0 saturated heterocycles. The molecule has 0 saturated carbocycles. The van der Waals surface area contributed by atoms with Gasteiger partial charge in [0, 0.05) is 7.05 Å². The third-order valence-electron chi connectivity index (χ3n) is 3.75. The van der Waals surface area contributed by atoms with E-state index in [4.69, 9.17) is 4.74 Å². The number of fused-ring (bicyclic) bond motifs is 1. The smallest absolute Gasteiger partial charge is 0.257 e. The summed E-state index contributed by atoms with van der Waals surface area (Å²) in [7, 11) is 1.83. The van der Waals surface area contributed by atoms with Gasteiger partial charge in [-0.05, 0) is 51.0 Å². The van der Waals surface area contributed by atoms with Gasteiger partial charge in [0.2, 0.25) is 0 Å². The molecule has 2 atom stereocenters. The molecule has 0 spiro atoms. The topological polar surface area (TPSA) is 29.5 Å². The molecule has 1 aliphatic rings. The van der Waals surface area contributed by atoms with Crippen molar-refractivity contribution in [1.82, 2.24) is 4.90 Å². The van der Waals surface area contributed by atoms with Crippen molar-refractivity contribution in [2.75, 3.05) is 7.05 Å². The number of likely N-dealkylation sites (N-methyl/N-ethyl adjacent to an activating group) is 1. The van der Waals surface area contributed by atoms with E-state index in [2.05, 4.69) is 0 Å². The molecule has 0 aromatic heterocycles. The van der Waals surface area contributed by atoms with Crippen LogP contribution in [0.4, 0.5) is 0 Å². The highest BCUT2D eigenvalue weighted by atomic mass is 16.5. The van der Waals surface area contributed by atoms with Gasteiger partial charge in [0.15, 0.2) is 0 Å². The van der Waals surface area contributed by atoms with Crippen LogP contribution in [0.1, 0.15) is 35.3 Å². The third kappa shape index (κ3) is 1.90. The fourth-order valence-corrected chi connectivity index (χ4v) is 2.04. The van der Waals surface area contributed by atoms with Crippen molar-refractivity contribution >= 4 is 5.91 Å². The first kappa shape index (κ1) is 12.0. The molecule has 1 aromatic rings. The number of ether oxygens (including phenoxy) is 1. The number of carbonyl (C=O) groups is 1. The summed E-state index contributed by atoms with van der Waals surface area (Å²) in [6, 6.07) is 3.97. The van der Waals surface area contributed by atoms with E-state index in [1.807, 2.05) is 46.9 Å². The van der Waals surface area contributed by atoms with Crippen LogP contribution >= 0.6 is 0 Å². The summed E-state index contributed by atoms with van der Waals surface area (Å²) in [5.41, 5.74) is 2.95. The zero-order valence-corrected chi connectivity index (χ0v) is 11.1. The van der Waals surface area contributed by atoms with Crippen molar-refractivity contribution in [1.29, 1.82) is 0 Å². The average molecular weight is 233 g/mol. The Balaban J connectivity index is 2.57. The molecule has 2 rings (SSSR count). The summed E-state index contributed by atoms with van der Waals surface area (Å²) >= 11 is 0. The van der Waals surface area contributed by atoms with Crippen LogP contribution < -0.4 is 4.74 Å². The van der Waals surface area contributed by atoms with E-state index >= 15 is 0 Å². The van der Waals surface area contributed by atoms with Crippen molar-refractivity contribution in [3.05, 3.63) is 28.8 Å². The molecule has 0 radical (unpaired) electrons. The van der Waals surface area contributed by atoms with Gasteiger partial charge in [-0.3, -0.25) is 4.79 Å². The highest BCUT2D eigenvalue weighted by Crippen LogP contribution is 2.29. The lowest BCUT2D eigenvalue weighted by molar-refractivity contribution is 0.0659. The number of hydrogen-bond donors (Lipinski definition) is 0. The van der Waals surface area contributed by atoms with E-state index in [-0.39, 0.29) is 18.1 Å². The Bertz CT molecular complexity index is 468. The molecule has 3 heteroatoms. The van der Waals surface area contributed by atoms with Crippen molar-refractivity contribution in [2.24, 2.45) is 0 Å². The number of nitrogens with zero attached hydrogens (tertiary/aromatic N) is 1. The Morgan fingerprint density at radius 1 is 1.18 bits per heavy atom. The van der Waals surface area contributed by atoms with Crippen LogP contribution in [0.3, 0.4) is 0 Å². The van der Waals surface area contributed by atoms with E-state index in [0.29, 0.717) is 11.3 Å². The summed E-state index contributed by atoms with van der Waals surface area (Å²) in [6.07, 6.45) is 0.00676. The molecule has 3 nitrogen and oxygen atoms in total. The van der Waals surface area contributed by atoms with Crippen molar-refractivity contribution in [3.63, 3.8) is 0 Å². The quantitative estimate of drug-likeness (QED) is 0.689. The molecule has 0 aliphatic carbocycles. The van der Waals surface area contributed by atoms with Crippen molar-refractivity contribution in [3.8, 4) is 5.75 Å². The normalized spacial score (nSPS) is 24.1. The predicted octanol–water partition coefficient (Wildman–Crippen LogP) is 2.54. The van der Waals surface area contributed by atoms with Gasteiger partial charge in [0.1, 0.15) is 11.9 Å². The van der Waals surface area contributed by atoms with Crippen LogP contribution in [0.2, 0.25) is 0 Å². The first-order valence-corrected chi connectivity index (χ1v) is 5.97. The average Bonchev–Trinajstić information content (AvgIpc) is 2.35. The SMILES string of the molecule is Cc1cc2c(cc1C)C(=O)N(C)C(C)C(C)O2. The summed E-state index contributed by atoms with van der Waals surface area (Å²) in [5.74, 6) is 0.752. The molecule has 1 heterocycles. The minimum atomic E-state index is 0.00676. The Labute approximate surface area is 102 Å². The number of aryl methyl sites for hydroxylation is 2. The van der Waals surface area contributed by atoms with Crippen LogP contribution in [0, 0.1) is 13.8 Å². The van der Waals surface area contributed by atoms with E-state index in [1.165, 1.54) is 0 Å². The fraction of sp³-hybridized carbons (Fsp3) is 0.500. The van der Waals surface area contributed by atoms with Crippen LogP contribution in [0.25, 0.3) is 0 Å². The van der Waals surface area contributed by atoms with Crippen LogP contribution in [0.5, 0.6) is 5.75 Å². The molecule has 1 aliphatic heterocycles. The van der Waals surface area contributed by atoms with Crippen LogP contribution in [-0.2, 0) is 0 Å². The molecule has 0 fully saturated rings. The van der Waals surface area contributed by atoms with Gasteiger partial charge in [-0.2, -0.15) is 0 Å². The highest BCUT2D eigenvalue weighted by molar-refractivity contribution is 5.97. The fourth-order valence-electron chi connectivity index (χ4n) is 2.04. The van der Waals surface area contributed by atoms with Gasteiger partial charge >= 0.3 is 0 Å². The maximum atomic E-state index is 12.3. The molecule has 1 amide bonds. The summed E-state index contributed by atoms with van der Waals surface area (Å²) in [4.78, 5) is 14.1. The lowest BCUT2D eigenvalue weighted by atomic mass is 10.0. The molecule has 0 N–H and O–H groups in total. The first-order chi connectivity index (χ1) is 7.91. The molecular formula is C14H19NO2. The lowest BCUT2D eigenvalue weighted by Gasteiger charge is -2.25. The Hall–Kier alpha value is -1.51. The van der Waals surface area contributed by atoms with E-state index in [0.717, 1.165) is 11.1 Å². The first-order valence-electron chi connectivity index (χ1n) is 5.97. The van der Waals surface area contributed by atoms with Gasteiger partial charge in [0.25, 0.3) is 5.91 Å².